The quantitative estimate of drug-likeness (QED) is 0.783. The van der Waals surface area contributed by atoms with Crippen LogP contribution in [-0.2, 0) is 9.31 Å². The van der Waals surface area contributed by atoms with Gasteiger partial charge in [-0.25, -0.2) is 4.98 Å². The van der Waals surface area contributed by atoms with E-state index in [0.29, 0.717) is 5.75 Å². The van der Waals surface area contributed by atoms with Crippen molar-refractivity contribution in [2.24, 2.45) is 0 Å². The van der Waals surface area contributed by atoms with E-state index in [1.165, 1.54) is 0 Å². The van der Waals surface area contributed by atoms with Gasteiger partial charge in [-0.15, -0.1) is 0 Å². The highest BCUT2D eigenvalue weighted by atomic mass is 16.7. The first-order chi connectivity index (χ1) is 9.18. The van der Waals surface area contributed by atoms with E-state index < -0.39 is 7.12 Å². The largest absolute Gasteiger partial charge is 0.496 e. The predicted octanol–water partition coefficient (Wildman–Crippen LogP) is 1.46. The van der Waals surface area contributed by atoms with Crippen molar-refractivity contribution in [3.05, 3.63) is 12.3 Å². The highest BCUT2D eigenvalue weighted by molar-refractivity contribution is 6.62. The summed E-state index contributed by atoms with van der Waals surface area (Å²) in [5.74, 6) is 1.50. The van der Waals surface area contributed by atoms with E-state index in [1.54, 1.807) is 13.3 Å². The molecule has 0 radical (unpaired) electrons. The zero-order chi connectivity index (χ0) is 15.1. The van der Waals surface area contributed by atoms with E-state index >= 15 is 0 Å². The van der Waals surface area contributed by atoms with Gasteiger partial charge in [0.05, 0.1) is 18.3 Å². The molecule has 0 unspecified atom stereocenters. The molecule has 0 bridgehead atoms. The van der Waals surface area contributed by atoms with Crippen molar-refractivity contribution in [1.29, 1.82) is 0 Å². The van der Waals surface area contributed by atoms with Crippen LogP contribution in [0.1, 0.15) is 27.7 Å². The molecule has 0 N–H and O–H groups in total. The van der Waals surface area contributed by atoms with Gasteiger partial charge in [0.25, 0.3) is 0 Å². The van der Waals surface area contributed by atoms with Crippen LogP contribution >= 0.6 is 0 Å². The van der Waals surface area contributed by atoms with Crippen molar-refractivity contribution >= 4 is 18.4 Å². The molecule has 0 atom stereocenters. The lowest BCUT2D eigenvalue weighted by molar-refractivity contribution is 0.00578. The number of rotatable bonds is 3. The molecule has 1 aliphatic rings. The van der Waals surface area contributed by atoms with Crippen LogP contribution in [0.2, 0.25) is 0 Å². The lowest BCUT2D eigenvalue weighted by Crippen LogP contribution is -2.41. The SMILES string of the molecule is COc1cc(B2OC(C)(C)C(C)(C)O2)cnc1N(C)C. The zero-order valence-corrected chi connectivity index (χ0v) is 13.4. The molecule has 1 saturated heterocycles. The number of hydrogen-bond donors (Lipinski definition) is 0. The number of anilines is 1. The van der Waals surface area contributed by atoms with E-state index in [1.807, 2.05) is 52.8 Å². The number of hydrogen-bond acceptors (Lipinski definition) is 5. The molecular formula is C14H23BN2O3. The summed E-state index contributed by atoms with van der Waals surface area (Å²) < 4.78 is 17.4. The van der Waals surface area contributed by atoms with Crippen molar-refractivity contribution in [3.8, 4) is 5.75 Å². The topological polar surface area (TPSA) is 43.8 Å². The molecule has 2 heterocycles. The van der Waals surface area contributed by atoms with Gasteiger partial charge in [0.2, 0.25) is 0 Å². The Bertz CT molecular complexity index is 487. The molecule has 6 heteroatoms. The summed E-state index contributed by atoms with van der Waals surface area (Å²) in [6.07, 6.45) is 1.78. The number of aromatic nitrogens is 1. The fraction of sp³-hybridized carbons (Fsp3) is 0.643. The van der Waals surface area contributed by atoms with Crippen molar-refractivity contribution in [2.45, 2.75) is 38.9 Å². The third kappa shape index (κ3) is 2.50. The van der Waals surface area contributed by atoms with Gasteiger partial charge >= 0.3 is 7.12 Å². The van der Waals surface area contributed by atoms with E-state index in [0.717, 1.165) is 11.3 Å². The number of nitrogens with zero attached hydrogens (tertiary/aromatic N) is 2. The van der Waals surface area contributed by atoms with E-state index in [4.69, 9.17) is 14.0 Å². The first-order valence-electron chi connectivity index (χ1n) is 6.75. The van der Waals surface area contributed by atoms with Crippen LogP contribution in [0.4, 0.5) is 5.82 Å². The fourth-order valence-electron chi connectivity index (χ4n) is 2.05. The molecule has 1 aromatic heterocycles. The Morgan fingerprint density at radius 1 is 1.15 bits per heavy atom. The third-order valence-electron chi connectivity index (χ3n) is 4.02. The second-order valence-electron chi connectivity index (χ2n) is 6.28. The van der Waals surface area contributed by atoms with E-state index in [2.05, 4.69) is 4.98 Å². The standard InChI is InChI=1S/C14H23BN2O3/c1-13(2)14(3,4)20-15(19-13)10-8-11(18-7)12(16-9-10)17(5)6/h8-9H,1-7H3. The van der Waals surface area contributed by atoms with Crippen molar-refractivity contribution < 1.29 is 14.0 Å². The van der Waals surface area contributed by atoms with Gasteiger partial charge in [0, 0.05) is 25.8 Å². The van der Waals surface area contributed by atoms with Gasteiger partial charge in [0.1, 0.15) is 0 Å². The maximum absolute atomic E-state index is 6.02. The van der Waals surface area contributed by atoms with Gasteiger partial charge in [-0.1, -0.05) is 0 Å². The van der Waals surface area contributed by atoms with Crippen LogP contribution in [0.3, 0.4) is 0 Å². The molecule has 0 aliphatic carbocycles. The highest BCUT2D eigenvalue weighted by Crippen LogP contribution is 2.36. The first kappa shape index (κ1) is 15.1. The van der Waals surface area contributed by atoms with Crippen LogP contribution in [0.5, 0.6) is 5.75 Å². The Kier molecular flexibility index (Phi) is 3.73. The Balaban J connectivity index is 2.32. The van der Waals surface area contributed by atoms with E-state index in [-0.39, 0.29) is 11.2 Å². The molecule has 1 aliphatic heterocycles. The van der Waals surface area contributed by atoms with Crippen LogP contribution in [0.25, 0.3) is 0 Å². The molecule has 0 amide bonds. The first-order valence-corrected chi connectivity index (χ1v) is 6.75. The van der Waals surface area contributed by atoms with Crippen LogP contribution < -0.4 is 15.1 Å². The summed E-state index contributed by atoms with van der Waals surface area (Å²) in [5.41, 5.74) is 0.155. The molecule has 20 heavy (non-hydrogen) atoms. The van der Waals surface area contributed by atoms with Gasteiger partial charge < -0.3 is 18.9 Å². The Morgan fingerprint density at radius 2 is 1.70 bits per heavy atom. The lowest BCUT2D eigenvalue weighted by atomic mass is 9.80. The average Bonchev–Trinajstić information content (AvgIpc) is 2.57. The number of pyridine rings is 1. The van der Waals surface area contributed by atoms with Crippen LogP contribution in [-0.4, -0.2) is 44.5 Å². The fourth-order valence-corrected chi connectivity index (χ4v) is 2.05. The number of ether oxygens (including phenoxy) is 1. The summed E-state index contributed by atoms with van der Waals surface area (Å²) >= 11 is 0. The minimum atomic E-state index is -0.419. The van der Waals surface area contributed by atoms with Crippen LogP contribution in [0, 0.1) is 0 Å². The molecule has 0 saturated carbocycles. The summed E-state index contributed by atoms with van der Waals surface area (Å²) in [7, 11) is 5.08. The monoisotopic (exact) mass is 278 g/mol. The molecular weight excluding hydrogens is 255 g/mol. The smallest absolute Gasteiger partial charge is 0.493 e. The summed E-state index contributed by atoms with van der Waals surface area (Å²) in [5, 5.41) is 0. The lowest BCUT2D eigenvalue weighted by Gasteiger charge is -2.32. The predicted molar refractivity (Wildman–Crippen MR) is 80.8 cm³/mol. The molecule has 1 aromatic rings. The molecule has 5 nitrogen and oxygen atoms in total. The summed E-state index contributed by atoms with van der Waals surface area (Å²) in [6.45, 7) is 8.13. The van der Waals surface area contributed by atoms with Crippen molar-refractivity contribution in [1.82, 2.24) is 4.98 Å². The van der Waals surface area contributed by atoms with Gasteiger partial charge in [-0.3, -0.25) is 0 Å². The Morgan fingerprint density at radius 3 is 2.15 bits per heavy atom. The Labute approximate surface area is 121 Å². The van der Waals surface area contributed by atoms with Gasteiger partial charge in [0.15, 0.2) is 11.6 Å². The maximum Gasteiger partial charge on any atom is 0.496 e. The second-order valence-corrected chi connectivity index (χ2v) is 6.28. The third-order valence-corrected chi connectivity index (χ3v) is 4.02. The minimum Gasteiger partial charge on any atom is -0.493 e. The molecule has 0 spiro atoms. The normalized spacial score (nSPS) is 20.1. The maximum atomic E-state index is 6.02. The summed E-state index contributed by atoms with van der Waals surface area (Å²) in [4.78, 5) is 6.34. The van der Waals surface area contributed by atoms with Crippen LogP contribution in [0.15, 0.2) is 12.3 Å². The number of methoxy groups -OCH3 is 1. The highest BCUT2D eigenvalue weighted by Gasteiger charge is 2.51. The second kappa shape index (κ2) is 4.93. The van der Waals surface area contributed by atoms with Gasteiger partial charge in [-0.05, 0) is 33.8 Å². The molecule has 0 aromatic carbocycles. The van der Waals surface area contributed by atoms with Gasteiger partial charge in [-0.2, -0.15) is 0 Å². The molecule has 2 rings (SSSR count). The minimum absolute atomic E-state index is 0.356. The Hall–Kier alpha value is -1.27. The van der Waals surface area contributed by atoms with Crippen molar-refractivity contribution in [3.63, 3.8) is 0 Å². The molecule has 1 fully saturated rings. The van der Waals surface area contributed by atoms with E-state index in [9.17, 15) is 0 Å². The molecule has 110 valence electrons. The van der Waals surface area contributed by atoms with Crippen molar-refractivity contribution in [2.75, 3.05) is 26.1 Å². The average molecular weight is 278 g/mol. The summed E-state index contributed by atoms with van der Waals surface area (Å²) in [6, 6.07) is 1.92. The zero-order valence-electron chi connectivity index (χ0n) is 13.4.